The molecule has 0 unspecified atom stereocenters. The number of carbonyl (C=O) groups is 1. The number of nitrogens with one attached hydrogen (secondary N) is 1. The van der Waals surface area contributed by atoms with E-state index < -0.39 is 0 Å². The number of hydrogen-bond acceptors (Lipinski definition) is 2. The van der Waals surface area contributed by atoms with Gasteiger partial charge in [-0.2, -0.15) is 0 Å². The molecule has 1 aliphatic rings. The van der Waals surface area contributed by atoms with Crippen molar-refractivity contribution in [1.82, 2.24) is 4.98 Å². The van der Waals surface area contributed by atoms with E-state index in [0.29, 0.717) is 12.1 Å². The monoisotopic (exact) mass is 310 g/mol. The van der Waals surface area contributed by atoms with Gasteiger partial charge in [0.1, 0.15) is 0 Å². The van der Waals surface area contributed by atoms with Crippen LogP contribution in [0.5, 0.6) is 0 Å². The maximum atomic E-state index is 13.0. The summed E-state index contributed by atoms with van der Waals surface area (Å²) in [5.41, 5.74) is 4.48. The van der Waals surface area contributed by atoms with Gasteiger partial charge in [0.05, 0.1) is 5.69 Å². The van der Waals surface area contributed by atoms with Gasteiger partial charge >= 0.3 is 0 Å². The number of aromatic nitrogens is 1. The lowest BCUT2D eigenvalue weighted by atomic mass is 10.0. The van der Waals surface area contributed by atoms with E-state index in [2.05, 4.69) is 30.1 Å². The minimum Gasteiger partial charge on any atom is -0.326 e. The van der Waals surface area contributed by atoms with Crippen LogP contribution in [0.1, 0.15) is 53.9 Å². The molecular formula is C19H22N2O2. The fraction of sp³-hybridized carbons (Fsp3) is 0.368. The number of pyridine rings is 1. The van der Waals surface area contributed by atoms with Crippen molar-refractivity contribution in [1.29, 1.82) is 0 Å². The zero-order valence-corrected chi connectivity index (χ0v) is 13.8. The molecule has 23 heavy (non-hydrogen) atoms. The second-order valence-electron chi connectivity index (χ2n) is 6.33. The number of benzene rings is 1. The van der Waals surface area contributed by atoms with Crippen LogP contribution in [0.25, 0.3) is 0 Å². The molecule has 4 heteroatoms. The van der Waals surface area contributed by atoms with Crippen LogP contribution in [-0.4, -0.2) is 17.4 Å². The van der Waals surface area contributed by atoms with Crippen molar-refractivity contribution in [3.8, 4) is 0 Å². The fourth-order valence-electron chi connectivity index (χ4n) is 3.18. The van der Waals surface area contributed by atoms with Crippen LogP contribution in [0.15, 0.2) is 35.1 Å². The molecule has 0 spiro atoms. The van der Waals surface area contributed by atoms with Gasteiger partial charge in [-0.1, -0.05) is 39.0 Å². The largest absolute Gasteiger partial charge is 0.326 e. The number of para-hydroxylation sites is 1. The second-order valence-corrected chi connectivity index (χ2v) is 6.33. The number of fused-ring (bicyclic) bond motifs is 1. The van der Waals surface area contributed by atoms with Crippen molar-refractivity contribution < 1.29 is 4.79 Å². The maximum absolute atomic E-state index is 13.0. The lowest BCUT2D eigenvalue weighted by Crippen LogP contribution is -2.31. The Morgan fingerprint density at radius 3 is 2.78 bits per heavy atom. The van der Waals surface area contributed by atoms with E-state index in [1.165, 1.54) is 17.2 Å². The Balaban J connectivity index is 2.03. The third kappa shape index (κ3) is 2.81. The van der Waals surface area contributed by atoms with E-state index >= 15 is 0 Å². The summed E-state index contributed by atoms with van der Waals surface area (Å²) in [6.07, 6.45) is 1.76. The Bertz CT molecular complexity index is 805. The molecule has 0 fully saturated rings. The molecule has 2 aromatic rings. The van der Waals surface area contributed by atoms with Crippen molar-refractivity contribution in [2.45, 2.75) is 39.5 Å². The molecule has 0 saturated carbocycles. The highest BCUT2D eigenvalue weighted by atomic mass is 16.2. The van der Waals surface area contributed by atoms with Gasteiger partial charge in [0, 0.05) is 23.9 Å². The van der Waals surface area contributed by atoms with Crippen molar-refractivity contribution in [3.05, 3.63) is 63.1 Å². The molecule has 1 N–H and O–H groups in total. The number of nitrogens with zero attached hydrogens (tertiary/aromatic N) is 1. The molecule has 0 aliphatic carbocycles. The van der Waals surface area contributed by atoms with Crippen LogP contribution in [0.3, 0.4) is 0 Å². The van der Waals surface area contributed by atoms with Crippen LogP contribution in [0, 0.1) is 0 Å². The van der Waals surface area contributed by atoms with Gasteiger partial charge in [-0.3, -0.25) is 9.59 Å². The smallest absolute Gasteiger partial charge is 0.258 e. The molecule has 0 radical (unpaired) electrons. The highest BCUT2D eigenvalue weighted by Crippen LogP contribution is 2.33. The number of hydrogen-bond donors (Lipinski definition) is 1. The molecule has 1 aliphatic heterocycles. The fourth-order valence-corrected chi connectivity index (χ4v) is 3.18. The number of anilines is 1. The van der Waals surface area contributed by atoms with Crippen molar-refractivity contribution in [3.63, 3.8) is 0 Å². The molecule has 1 aromatic carbocycles. The Morgan fingerprint density at radius 2 is 2.09 bits per heavy atom. The number of H-pyrrole nitrogens is 1. The highest BCUT2D eigenvalue weighted by molar-refractivity contribution is 6.07. The summed E-state index contributed by atoms with van der Waals surface area (Å²) in [5.74, 6) is 0.0881. The van der Waals surface area contributed by atoms with Crippen LogP contribution in [-0.2, 0) is 12.8 Å². The zero-order valence-electron chi connectivity index (χ0n) is 13.8. The third-order valence-electron chi connectivity index (χ3n) is 4.44. The lowest BCUT2D eigenvalue weighted by molar-refractivity contribution is 0.0989. The number of aryl methyl sites for hydroxylation is 1. The average molecular weight is 310 g/mol. The second kappa shape index (κ2) is 6.03. The van der Waals surface area contributed by atoms with E-state index in [9.17, 15) is 9.59 Å². The van der Waals surface area contributed by atoms with E-state index in [-0.39, 0.29) is 17.4 Å². The summed E-state index contributed by atoms with van der Waals surface area (Å²) in [4.78, 5) is 29.5. The quantitative estimate of drug-likeness (QED) is 0.946. The van der Waals surface area contributed by atoms with E-state index in [4.69, 9.17) is 0 Å². The number of aromatic amines is 1. The Morgan fingerprint density at radius 1 is 1.30 bits per heavy atom. The highest BCUT2D eigenvalue weighted by Gasteiger charge is 2.28. The van der Waals surface area contributed by atoms with Crippen LogP contribution < -0.4 is 10.5 Å². The maximum Gasteiger partial charge on any atom is 0.258 e. The minimum atomic E-state index is -0.220. The van der Waals surface area contributed by atoms with Gasteiger partial charge in [0.2, 0.25) is 5.56 Å². The summed E-state index contributed by atoms with van der Waals surface area (Å²) in [6.45, 7) is 6.77. The number of carbonyl (C=O) groups excluding carboxylic acids is 1. The van der Waals surface area contributed by atoms with E-state index in [0.717, 1.165) is 24.2 Å². The lowest BCUT2D eigenvalue weighted by Gasteiger charge is -2.20. The molecule has 120 valence electrons. The normalized spacial score (nSPS) is 13.5. The Kier molecular flexibility index (Phi) is 4.07. The van der Waals surface area contributed by atoms with E-state index in [1.807, 2.05) is 18.7 Å². The molecule has 0 bridgehead atoms. The molecule has 4 nitrogen and oxygen atoms in total. The van der Waals surface area contributed by atoms with Crippen LogP contribution >= 0.6 is 0 Å². The molecule has 1 aromatic heterocycles. The van der Waals surface area contributed by atoms with Crippen molar-refractivity contribution in [2.24, 2.45) is 0 Å². The standard InChI is InChI=1S/C19H22N2O2/c1-4-13-6-5-7-14-8-9-21(18(13)14)19(23)15-10-16(12(2)3)20-17(22)11-15/h5-7,10-12H,4,8-9H2,1-3H3,(H,20,22). The minimum absolute atomic E-state index is 0.0855. The Labute approximate surface area is 136 Å². The summed E-state index contributed by atoms with van der Waals surface area (Å²) < 4.78 is 0. The summed E-state index contributed by atoms with van der Waals surface area (Å²) in [5, 5.41) is 0. The van der Waals surface area contributed by atoms with Crippen LogP contribution in [0.2, 0.25) is 0 Å². The third-order valence-corrected chi connectivity index (χ3v) is 4.44. The van der Waals surface area contributed by atoms with E-state index in [1.54, 1.807) is 6.07 Å². The topological polar surface area (TPSA) is 53.2 Å². The molecule has 2 heterocycles. The van der Waals surface area contributed by atoms with Gasteiger partial charge in [0.25, 0.3) is 5.91 Å². The van der Waals surface area contributed by atoms with Gasteiger partial charge in [-0.05, 0) is 36.0 Å². The first-order valence-corrected chi connectivity index (χ1v) is 8.18. The predicted octanol–water partition coefficient (Wildman–Crippen LogP) is 3.26. The van der Waals surface area contributed by atoms with Crippen molar-refractivity contribution >= 4 is 11.6 Å². The average Bonchev–Trinajstić information content (AvgIpc) is 2.97. The first-order valence-electron chi connectivity index (χ1n) is 8.18. The molecule has 1 amide bonds. The van der Waals surface area contributed by atoms with Crippen LogP contribution in [0.4, 0.5) is 5.69 Å². The van der Waals surface area contributed by atoms with Gasteiger partial charge in [0.15, 0.2) is 0 Å². The summed E-state index contributed by atoms with van der Waals surface area (Å²) in [6, 6.07) is 9.42. The zero-order chi connectivity index (χ0) is 16.6. The first-order chi connectivity index (χ1) is 11.0. The Hall–Kier alpha value is -2.36. The summed E-state index contributed by atoms with van der Waals surface area (Å²) >= 11 is 0. The molecule has 0 atom stereocenters. The molecule has 3 rings (SSSR count). The number of rotatable bonds is 3. The SMILES string of the molecule is CCc1cccc2c1N(C(=O)c1cc(C(C)C)[nH]c(=O)c1)CC2. The summed E-state index contributed by atoms with van der Waals surface area (Å²) in [7, 11) is 0. The van der Waals surface area contributed by atoms with Crippen molar-refractivity contribution in [2.75, 3.05) is 11.4 Å². The van der Waals surface area contributed by atoms with Gasteiger partial charge in [-0.15, -0.1) is 0 Å². The molecular weight excluding hydrogens is 288 g/mol. The predicted molar refractivity (Wildman–Crippen MR) is 92.4 cm³/mol. The number of amides is 1. The first kappa shape index (κ1) is 15.5. The van der Waals surface area contributed by atoms with Gasteiger partial charge in [-0.25, -0.2) is 0 Å². The molecule has 0 saturated heterocycles. The van der Waals surface area contributed by atoms with Gasteiger partial charge < -0.3 is 9.88 Å².